The Balaban J connectivity index is 4.11. The van der Waals surface area contributed by atoms with Gasteiger partial charge in [0.15, 0.2) is 0 Å². The minimum atomic E-state index is -6.67. The van der Waals surface area contributed by atoms with Crippen LogP contribution in [-0.4, -0.2) is 23.1 Å². The van der Waals surface area contributed by atoms with Gasteiger partial charge in [-0.15, -0.1) is 4.13 Å². The number of nitrogens with zero attached hydrogens (tertiary/aromatic N) is 2. The number of hydrogen-bond acceptors (Lipinski definition) is 4. The molecule has 1 unspecified atom stereocenters. The topological polar surface area (TPSA) is 91.4 Å². The molecule has 0 radical (unpaired) electrons. The third kappa shape index (κ3) is 5.11. The molecule has 17 heteroatoms. The van der Waals surface area contributed by atoms with Gasteiger partial charge in [-0.1, -0.05) is 0 Å². The van der Waals surface area contributed by atoms with Crippen LogP contribution in [-0.2, 0) is 32.1 Å². The van der Waals surface area contributed by atoms with E-state index in [-0.39, 0.29) is 12.1 Å². The number of nitrogens with one attached hydrogen (secondary N) is 1. The van der Waals surface area contributed by atoms with E-state index >= 15 is 0 Å². The van der Waals surface area contributed by atoms with Gasteiger partial charge in [-0.3, -0.25) is 4.21 Å². The van der Waals surface area contributed by atoms with Crippen LogP contribution in [0.25, 0.3) is 4.85 Å². The highest BCUT2D eigenvalue weighted by molar-refractivity contribution is 8.11. The first-order valence-electron chi connectivity index (χ1n) is 6.37. The highest BCUT2D eigenvalue weighted by Crippen LogP contribution is 2.38. The van der Waals surface area contributed by atoms with Gasteiger partial charge in [0.25, 0.3) is 0 Å². The Kier molecular flexibility index (Phi) is 6.26. The Morgan fingerprint density at radius 1 is 0.931 bits per heavy atom. The van der Waals surface area contributed by atoms with Crippen LogP contribution in [0.3, 0.4) is 0 Å². The molecule has 0 bridgehead atoms. The number of nitriles is 1. The molecule has 29 heavy (non-hydrogen) atoms. The number of alkyl halides is 9. The Labute approximate surface area is 156 Å². The summed E-state index contributed by atoms with van der Waals surface area (Å²) in [6.45, 7) is 6.61. The Bertz CT molecular complexity index is 1080. The van der Waals surface area contributed by atoms with Crippen LogP contribution in [0.2, 0.25) is 0 Å². The van der Waals surface area contributed by atoms with Crippen molar-refractivity contribution in [2.24, 2.45) is 0 Å². The molecule has 0 spiro atoms. The molecule has 1 aromatic carbocycles. The van der Waals surface area contributed by atoms with Crippen molar-refractivity contribution >= 4 is 24.7 Å². The van der Waals surface area contributed by atoms with E-state index in [1.165, 1.54) is 0 Å². The maximum absolute atomic E-state index is 12.9. The number of rotatable bonds is 3. The zero-order chi connectivity index (χ0) is 23.1. The predicted molar refractivity (Wildman–Crippen MR) is 78.2 cm³/mol. The molecule has 0 aliphatic rings. The Hall–Kier alpha value is -2.50. The molecule has 160 valence electrons. The first-order chi connectivity index (χ1) is 12.8. The van der Waals surface area contributed by atoms with Crippen molar-refractivity contribution in [1.82, 2.24) is 4.13 Å². The normalized spacial score (nSPS) is 15.1. The zero-order valence-electron chi connectivity index (χ0n) is 13.1. The average Bonchev–Trinajstić information content (AvgIpc) is 2.52. The van der Waals surface area contributed by atoms with Crippen molar-refractivity contribution in [3.63, 3.8) is 0 Å². The highest BCUT2D eigenvalue weighted by atomic mass is 32.3. The standard InChI is InChI=1S/C12H4F9N3O3S2/c1-23-9(5-22)28(25,24-29(26,27)12(19,20)21)8-3-6(10(13,14)15)2-7(4-8)11(16,17)18/h2-4H,(H,24,25). The van der Waals surface area contributed by atoms with Gasteiger partial charge in [0.2, 0.25) is 0 Å². The van der Waals surface area contributed by atoms with Crippen molar-refractivity contribution < 1.29 is 52.1 Å². The second-order valence-electron chi connectivity index (χ2n) is 4.86. The van der Waals surface area contributed by atoms with Crippen LogP contribution >= 0.6 is 0 Å². The van der Waals surface area contributed by atoms with Crippen LogP contribution in [0.1, 0.15) is 11.1 Å². The SMILES string of the molecule is [C-]#[N+]C(C#N)=S(=O)(NS(=O)(=O)C(F)(F)F)c1cc(C(F)(F)F)cc(C(F)(F)F)c1. The summed E-state index contributed by atoms with van der Waals surface area (Å²) in [7, 11) is -12.2. The molecule has 0 aliphatic carbocycles. The summed E-state index contributed by atoms with van der Waals surface area (Å²) in [4.78, 5) is -1.56. The monoisotopic (exact) mass is 473 g/mol. The molecule has 0 saturated heterocycles. The summed E-state index contributed by atoms with van der Waals surface area (Å²) in [5.74, 6) is 0. The number of hydrogen-bond donors (Lipinski definition) is 1. The third-order valence-corrected chi connectivity index (χ3v) is 6.95. The van der Waals surface area contributed by atoms with E-state index < -0.39 is 64.7 Å². The van der Waals surface area contributed by atoms with Gasteiger partial charge < -0.3 is 0 Å². The van der Waals surface area contributed by atoms with E-state index in [1.807, 2.05) is 0 Å². The van der Waals surface area contributed by atoms with Gasteiger partial charge in [-0.05, 0) is 18.2 Å². The van der Waals surface area contributed by atoms with E-state index in [0.717, 1.165) is 0 Å². The van der Waals surface area contributed by atoms with Crippen LogP contribution < -0.4 is 4.13 Å². The molecule has 0 heterocycles. The van der Waals surface area contributed by atoms with Gasteiger partial charge in [0.1, 0.15) is 0 Å². The van der Waals surface area contributed by atoms with E-state index in [4.69, 9.17) is 11.8 Å². The molecule has 1 N–H and O–H groups in total. The summed E-state index contributed by atoms with van der Waals surface area (Å²) in [5.41, 5.74) is -10.5. The predicted octanol–water partition coefficient (Wildman–Crippen LogP) is 3.29. The molecule has 1 atom stereocenters. The number of halogens is 9. The quantitative estimate of drug-likeness (QED) is 0.415. The molecule has 6 nitrogen and oxygen atoms in total. The van der Waals surface area contributed by atoms with Crippen LogP contribution in [0.4, 0.5) is 39.5 Å². The molecule has 0 aliphatic heterocycles. The van der Waals surface area contributed by atoms with Gasteiger partial charge in [0, 0.05) is 4.90 Å². The maximum atomic E-state index is 12.9. The Morgan fingerprint density at radius 2 is 1.34 bits per heavy atom. The molecular weight excluding hydrogens is 469 g/mol. The van der Waals surface area contributed by atoms with Crippen LogP contribution in [0, 0.1) is 17.9 Å². The van der Waals surface area contributed by atoms with E-state index in [9.17, 15) is 52.1 Å². The van der Waals surface area contributed by atoms with E-state index in [1.54, 1.807) is 0 Å². The van der Waals surface area contributed by atoms with E-state index in [2.05, 4.69) is 4.85 Å². The first kappa shape index (κ1) is 24.5. The first-order valence-corrected chi connectivity index (χ1v) is 9.42. The summed E-state index contributed by atoms with van der Waals surface area (Å²) in [6.07, 6.45) is -11.1. The van der Waals surface area contributed by atoms with Crippen molar-refractivity contribution in [2.45, 2.75) is 22.8 Å². The van der Waals surface area contributed by atoms with Gasteiger partial charge in [0.05, 0.1) is 33.5 Å². The van der Waals surface area contributed by atoms with Crippen LogP contribution in [0.5, 0.6) is 0 Å². The summed E-state index contributed by atoms with van der Waals surface area (Å²) >= 11 is 0. The second kappa shape index (κ2) is 7.39. The minimum Gasteiger partial charge on any atom is -0.257 e. The molecule has 1 rings (SSSR count). The number of sulfonamides is 1. The summed E-state index contributed by atoms with van der Waals surface area (Å²) in [6, 6.07) is -0.493. The van der Waals surface area contributed by atoms with Gasteiger partial charge >= 0.3 is 32.9 Å². The van der Waals surface area contributed by atoms with Gasteiger partial charge in [-0.2, -0.15) is 39.5 Å². The smallest absolute Gasteiger partial charge is 0.257 e. The Morgan fingerprint density at radius 3 is 1.62 bits per heavy atom. The number of benzene rings is 1. The molecular formula is C12H4F9N3O3S2. The lowest BCUT2D eigenvalue weighted by molar-refractivity contribution is -0.143. The minimum absolute atomic E-state index is 0.352. The zero-order valence-corrected chi connectivity index (χ0v) is 14.7. The maximum Gasteiger partial charge on any atom is 0.512 e. The second-order valence-corrected chi connectivity index (χ2v) is 8.97. The average molecular weight is 473 g/mol. The highest BCUT2D eigenvalue weighted by Gasteiger charge is 2.49. The molecule has 0 fully saturated rings. The van der Waals surface area contributed by atoms with Crippen molar-refractivity contribution in [3.05, 3.63) is 40.7 Å². The molecule has 1 aromatic rings. The fourth-order valence-electron chi connectivity index (χ4n) is 1.65. The van der Waals surface area contributed by atoms with E-state index in [0.29, 0.717) is 10.2 Å². The largest absolute Gasteiger partial charge is 0.512 e. The lowest BCUT2D eigenvalue weighted by atomic mass is 10.1. The molecule has 0 aromatic heterocycles. The van der Waals surface area contributed by atoms with Crippen molar-refractivity contribution in [3.8, 4) is 6.07 Å². The fraction of sp³-hybridized carbons (Fsp3) is 0.250. The van der Waals surface area contributed by atoms with Gasteiger partial charge in [-0.25, -0.2) is 18.5 Å². The fourth-order valence-corrected chi connectivity index (χ4v) is 5.03. The summed E-state index contributed by atoms with van der Waals surface area (Å²) < 4.78 is 151. The van der Waals surface area contributed by atoms with Crippen LogP contribution in [0.15, 0.2) is 23.1 Å². The molecule has 0 amide bonds. The van der Waals surface area contributed by atoms with Crippen molar-refractivity contribution in [2.75, 3.05) is 0 Å². The molecule has 0 saturated carbocycles. The lowest BCUT2D eigenvalue weighted by Crippen LogP contribution is -2.42. The van der Waals surface area contributed by atoms with Crippen molar-refractivity contribution in [1.29, 1.82) is 5.26 Å². The summed E-state index contributed by atoms with van der Waals surface area (Å²) in [5, 5.41) is 8.74. The lowest BCUT2D eigenvalue weighted by Gasteiger charge is -2.19. The third-order valence-electron chi connectivity index (χ3n) is 2.89.